The molecule has 0 bridgehead atoms. The van der Waals surface area contributed by atoms with E-state index in [1.54, 1.807) is 0 Å². The van der Waals surface area contributed by atoms with Crippen molar-refractivity contribution in [3.63, 3.8) is 0 Å². The molecule has 0 radical (unpaired) electrons. The van der Waals surface area contributed by atoms with Crippen LogP contribution in [0.5, 0.6) is 0 Å². The van der Waals surface area contributed by atoms with Gasteiger partial charge in [-0.15, -0.1) is 0 Å². The van der Waals surface area contributed by atoms with Gasteiger partial charge in [-0.2, -0.15) is 0 Å². The minimum Gasteiger partial charge on any atom is -0.461 e. The fourth-order valence-electron chi connectivity index (χ4n) is 7.92. The number of esters is 1. The molecule has 3 atom stereocenters. The molecule has 0 fully saturated rings. The van der Waals surface area contributed by atoms with Gasteiger partial charge in [0.25, 0.3) is 0 Å². The van der Waals surface area contributed by atoms with E-state index < -0.39 is 18.2 Å². The molecule has 0 aliphatic heterocycles. The third-order valence-electron chi connectivity index (χ3n) is 12.0. The second-order valence-corrected chi connectivity index (χ2v) is 18.3. The number of amides is 1. The maximum absolute atomic E-state index is 13.2. The van der Waals surface area contributed by atoms with Crippen molar-refractivity contribution in [3.05, 3.63) is 72.9 Å². The first-order valence-corrected chi connectivity index (χ1v) is 27.2. The van der Waals surface area contributed by atoms with Crippen molar-refractivity contribution < 1.29 is 24.5 Å². The lowest BCUT2D eigenvalue weighted by molar-refractivity contribution is -0.150. The highest BCUT2D eigenvalue weighted by Gasteiger charge is 2.23. The van der Waals surface area contributed by atoms with Gasteiger partial charge in [-0.1, -0.05) is 241 Å². The molecule has 0 spiro atoms. The molecule has 6 nitrogen and oxygen atoms in total. The van der Waals surface area contributed by atoms with Crippen LogP contribution < -0.4 is 5.32 Å². The number of allylic oxidation sites excluding steroid dienone is 11. The Morgan fingerprint density at radius 2 is 0.875 bits per heavy atom. The summed E-state index contributed by atoms with van der Waals surface area (Å²) in [6.45, 7) is 6.33. The lowest BCUT2D eigenvalue weighted by Crippen LogP contribution is -2.46. The lowest BCUT2D eigenvalue weighted by Gasteiger charge is -2.24. The second-order valence-electron chi connectivity index (χ2n) is 18.3. The summed E-state index contributed by atoms with van der Waals surface area (Å²) in [7, 11) is 0. The van der Waals surface area contributed by atoms with Crippen LogP contribution in [0, 0.1) is 0 Å². The first-order chi connectivity index (χ1) is 31.5. The minimum absolute atomic E-state index is 0.00331. The molecule has 3 unspecified atom stereocenters. The first-order valence-electron chi connectivity index (χ1n) is 27.2. The zero-order valence-corrected chi connectivity index (χ0v) is 42.1. The minimum atomic E-state index is -0.815. The Morgan fingerprint density at radius 1 is 0.484 bits per heavy atom. The van der Waals surface area contributed by atoms with Gasteiger partial charge in [0, 0.05) is 12.8 Å². The molecule has 370 valence electrons. The highest BCUT2D eigenvalue weighted by Crippen LogP contribution is 2.17. The SMILES string of the molecule is CC/C=C/C/C=C/CCCCCCCCCC(=O)OC(C/C=C\C/C=C\C/C=C\C/C=C\CCCCC)CC(=O)NC(CO)C(O)CCCCCCCCCCCCCCCCCC. The van der Waals surface area contributed by atoms with Crippen LogP contribution in [0.1, 0.15) is 258 Å². The highest BCUT2D eigenvalue weighted by atomic mass is 16.5. The van der Waals surface area contributed by atoms with Gasteiger partial charge in [0.05, 0.1) is 25.2 Å². The van der Waals surface area contributed by atoms with Gasteiger partial charge >= 0.3 is 5.97 Å². The van der Waals surface area contributed by atoms with Gasteiger partial charge in [0.1, 0.15) is 6.10 Å². The van der Waals surface area contributed by atoms with Gasteiger partial charge in [0.2, 0.25) is 5.91 Å². The van der Waals surface area contributed by atoms with Gasteiger partial charge in [-0.05, 0) is 70.6 Å². The van der Waals surface area contributed by atoms with E-state index in [9.17, 15) is 19.8 Å². The van der Waals surface area contributed by atoms with Crippen LogP contribution in [0.25, 0.3) is 0 Å². The molecule has 0 aliphatic rings. The van der Waals surface area contributed by atoms with Crippen LogP contribution in [0.3, 0.4) is 0 Å². The summed E-state index contributed by atoms with van der Waals surface area (Å²) >= 11 is 0. The summed E-state index contributed by atoms with van der Waals surface area (Å²) < 4.78 is 5.87. The van der Waals surface area contributed by atoms with Crippen molar-refractivity contribution >= 4 is 11.9 Å². The summed E-state index contributed by atoms with van der Waals surface area (Å²) in [5.41, 5.74) is 0. The molecule has 6 heteroatoms. The van der Waals surface area contributed by atoms with Crippen LogP contribution in [0.2, 0.25) is 0 Å². The largest absolute Gasteiger partial charge is 0.461 e. The summed E-state index contributed by atoms with van der Waals surface area (Å²) in [6.07, 6.45) is 65.5. The number of rotatable bonds is 48. The number of aliphatic hydroxyl groups is 2. The number of nitrogens with one attached hydrogen (secondary N) is 1. The molecule has 0 saturated heterocycles. The molecule has 0 rings (SSSR count). The molecule has 0 aromatic carbocycles. The quantitative estimate of drug-likeness (QED) is 0.0321. The Kier molecular flexibility index (Phi) is 49.1. The maximum Gasteiger partial charge on any atom is 0.306 e. The molecule has 0 heterocycles. The van der Waals surface area contributed by atoms with E-state index in [0.29, 0.717) is 19.3 Å². The Bertz CT molecular complexity index is 1190. The second kappa shape index (κ2) is 51.3. The monoisotopic (exact) mass is 894 g/mol. The van der Waals surface area contributed by atoms with Gasteiger partial charge < -0.3 is 20.3 Å². The van der Waals surface area contributed by atoms with Crippen molar-refractivity contribution in [3.8, 4) is 0 Å². The molecule has 0 saturated carbocycles. The van der Waals surface area contributed by atoms with Crippen molar-refractivity contribution in [2.45, 2.75) is 277 Å². The third kappa shape index (κ3) is 45.9. The number of carbonyl (C=O) groups excluding carboxylic acids is 2. The Labute approximate surface area is 396 Å². The molecule has 64 heavy (non-hydrogen) atoms. The van der Waals surface area contributed by atoms with Gasteiger partial charge in [-0.25, -0.2) is 0 Å². The van der Waals surface area contributed by atoms with E-state index in [-0.39, 0.29) is 24.9 Å². The average Bonchev–Trinajstić information content (AvgIpc) is 3.29. The number of hydrogen-bond acceptors (Lipinski definition) is 5. The van der Waals surface area contributed by atoms with Crippen LogP contribution in [-0.2, 0) is 14.3 Å². The fraction of sp³-hybridized carbons (Fsp3) is 0.759. The molecule has 3 N–H and O–H groups in total. The summed E-state index contributed by atoms with van der Waals surface area (Å²) in [5, 5.41) is 23.8. The lowest BCUT2D eigenvalue weighted by atomic mass is 10.0. The topological polar surface area (TPSA) is 95.9 Å². The average molecular weight is 894 g/mol. The fourth-order valence-corrected chi connectivity index (χ4v) is 7.92. The van der Waals surface area contributed by atoms with Gasteiger partial charge in [0.15, 0.2) is 0 Å². The van der Waals surface area contributed by atoms with Crippen molar-refractivity contribution in [2.24, 2.45) is 0 Å². The van der Waals surface area contributed by atoms with E-state index >= 15 is 0 Å². The van der Waals surface area contributed by atoms with Gasteiger partial charge in [-0.3, -0.25) is 9.59 Å². The zero-order chi connectivity index (χ0) is 46.7. The van der Waals surface area contributed by atoms with Crippen LogP contribution in [0.4, 0.5) is 0 Å². The smallest absolute Gasteiger partial charge is 0.306 e. The van der Waals surface area contributed by atoms with Crippen molar-refractivity contribution in [2.75, 3.05) is 6.61 Å². The number of ether oxygens (including phenoxy) is 1. The normalized spacial score (nSPS) is 13.8. The molecular formula is C58H103NO5. The molecule has 1 amide bonds. The standard InChI is InChI=1S/C58H103NO5/c1-4-7-10-13-16-19-22-25-28-30-32-35-38-41-44-47-50-56(61)55(53-60)59-57(62)52-54(49-46-43-40-37-34-31-29-26-23-20-17-14-11-8-5-2)64-58(63)51-48-45-42-39-36-33-27-24-21-18-15-12-9-6-3/h9,12,17-18,20-21,26,29,34,37,43,46,54-56,60-61H,4-8,10-11,13-16,19,22-25,27-28,30-33,35-36,38-42,44-45,47-53H2,1-3H3,(H,59,62)/b12-9+,20-17-,21-18+,29-26-,37-34-,46-43-. The molecule has 0 aliphatic carbocycles. The van der Waals surface area contributed by atoms with Crippen molar-refractivity contribution in [1.82, 2.24) is 5.32 Å². The molecule has 0 aromatic rings. The maximum atomic E-state index is 13.2. The molecular weight excluding hydrogens is 791 g/mol. The van der Waals surface area contributed by atoms with Crippen LogP contribution in [0.15, 0.2) is 72.9 Å². The predicted molar refractivity (Wildman–Crippen MR) is 278 cm³/mol. The number of hydrogen-bond donors (Lipinski definition) is 3. The van der Waals surface area contributed by atoms with Crippen molar-refractivity contribution in [1.29, 1.82) is 0 Å². The number of unbranched alkanes of at least 4 members (excludes halogenated alkanes) is 25. The summed E-state index contributed by atoms with van der Waals surface area (Å²) in [6, 6.07) is -0.735. The van der Waals surface area contributed by atoms with Crippen LogP contribution in [-0.4, -0.2) is 46.9 Å². The molecule has 0 aromatic heterocycles. The number of carbonyl (C=O) groups is 2. The summed E-state index contributed by atoms with van der Waals surface area (Å²) in [5.74, 6) is -0.584. The van der Waals surface area contributed by atoms with Crippen LogP contribution >= 0.6 is 0 Å². The first kappa shape index (κ1) is 61.3. The highest BCUT2D eigenvalue weighted by molar-refractivity contribution is 5.77. The van der Waals surface area contributed by atoms with E-state index in [0.717, 1.165) is 77.0 Å². The van der Waals surface area contributed by atoms with E-state index in [4.69, 9.17) is 4.74 Å². The van der Waals surface area contributed by atoms with E-state index in [2.05, 4.69) is 92.9 Å². The summed E-state index contributed by atoms with van der Waals surface area (Å²) in [4.78, 5) is 26.2. The number of aliphatic hydroxyl groups excluding tert-OH is 2. The Balaban J connectivity index is 4.67. The van der Waals surface area contributed by atoms with E-state index in [1.807, 2.05) is 6.08 Å². The predicted octanol–water partition coefficient (Wildman–Crippen LogP) is 16.6. The third-order valence-corrected chi connectivity index (χ3v) is 12.0. The zero-order valence-electron chi connectivity index (χ0n) is 42.1. The Morgan fingerprint density at radius 3 is 1.36 bits per heavy atom. The van der Waals surface area contributed by atoms with E-state index in [1.165, 1.54) is 135 Å². The Hall–Kier alpha value is -2.70.